The Morgan fingerprint density at radius 2 is 1.76 bits per heavy atom. The lowest BCUT2D eigenvalue weighted by Gasteiger charge is -2.40. The number of amides is 1. The van der Waals surface area contributed by atoms with Crippen molar-refractivity contribution in [3.8, 4) is 5.75 Å². The minimum absolute atomic E-state index is 0.00154. The van der Waals surface area contributed by atoms with E-state index >= 15 is 0 Å². The van der Waals surface area contributed by atoms with Gasteiger partial charge < -0.3 is 15.2 Å². The lowest BCUT2D eigenvalue weighted by molar-refractivity contribution is 0.0479. The number of carbonyl (C=O) groups excluding carboxylic acids is 1. The van der Waals surface area contributed by atoms with Gasteiger partial charge in [0.05, 0.1) is 0 Å². The van der Waals surface area contributed by atoms with Crippen LogP contribution in [0.5, 0.6) is 5.75 Å². The van der Waals surface area contributed by atoms with Crippen LogP contribution in [-0.2, 0) is 4.74 Å². The van der Waals surface area contributed by atoms with Crippen LogP contribution in [0.1, 0.15) is 40.0 Å². The van der Waals surface area contributed by atoms with E-state index in [9.17, 15) is 24.2 Å². The minimum Gasteiger partial charge on any atom is -0.508 e. The molecule has 0 unspecified atom stereocenters. The lowest BCUT2D eigenvalue weighted by atomic mass is 9.93. The standard InChI is InChI=1S/C9H17NO2.C6H5F5OS/c1-9(2,3)12-8(11)10-7-5-4-6-7;7-13(8,9,10,11)6-3-1-2-5(12)4-6/h7H,4-6H2,1-3H3,(H,10,11);1-4,12H. The van der Waals surface area contributed by atoms with Crippen molar-refractivity contribution in [2.45, 2.75) is 56.6 Å². The first kappa shape index (κ1) is 21.3. The highest BCUT2D eigenvalue weighted by molar-refractivity contribution is 8.45. The monoisotopic (exact) mass is 391 g/mol. The van der Waals surface area contributed by atoms with Crippen LogP contribution in [0.4, 0.5) is 24.2 Å². The molecule has 0 saturated heterocycles. The summed E-state index contributed by atoms with van der Waals surface area (Å²) in [6, 6.07) is 2.18. The molecule has 0 aliphatic heterocycles. The number of alkyl carbamates (subject to hydrolysis) is 1. The first-order valence-corrected chi connectivity index (χ1v) is 9.44. The molecule has 2 N–H and O–H groups in total. The Labute approximate surface area is 143 Å². The number of aromatic hydroxyl groups is 1. The topological polar surface area (TPSA) is 58.6 Å². The highest BCUT2D eigenvalue weighted by Gasteiger charge is 2.65. The van der Waals surface area contributed by atoms with E-state index in [0.717, 1.165) is 18.9 Å². The third-order valence-electron chi connectivity index (χ3n) is 3.09. The number of hydrogen-bond donors (Lipinski definition) is 2. The minimum atomic E-state index is -9.62. The molecular weight excluding hydrogens is 369 g/mol. The van der Waals surface area contributed by atoms with Gasteiger partial charge in [-0.25, -0.2) is 4.79 Å². The van der Waals surface area contributed by atoms with Crippen molar-refractivity contribution in [3.05, 3.63) is 24.3 Å². The predicted octanol–water partition coefficient (Wildman–Crippen LogP) is 6.11. The normalized spacial score (nSPS) is 17.9. The molecule has 1 aliphatic rings. The van der Waals surface area contributed by atoms with E-state index in [1.54, 1.807) is 0 Å². The number of phenols is 1. The van der Waals surface area contributed by atoms with Gasteiger partial charge in [0.25, 0.3) is 0 Å². The first-order valence-electron chi connectivity index (χ1n) is 7.49. The molecule has 0 bridgehead atoms. The van der Waals surface area contributed by atoms with E-state index < -0.39 is 20.9 Å². The molecule has 10 heteroatoms. The number of nitrogens with one attached hydrogen (secondary N) is 1. The highest BCUT2D eigenvalue weighted by Crippen LogP contribution is 3.02. The summed E-state index contributed by atoms with van der Waals surface area (Å²) in [7, 11) is -9.62. The van der Waals surface area contributed by atoms with Gasteiger partial charge in [0.1, 0.15) is 16.2 Å². The van der Waals surface area contributed by atoms with Crippen LogP contribution >= 0.6 is 10.2 Å². The van der Waals surface area contributed by atoms with Crippen LogP contribution in [0.3, 0.4) is 0 Å². The number of carbonyl (C=O) groups is 1. The molecule has 0 spiro atoms. The molecule has 1 saturated carbocycles. The third-order valence-corrected chi connectivity index (χ3v) is 4.23. The highest BCUT2D eigenvalue weighted by atomic mass is 32.5. The van der Waals surface area contributed by atoms with Gasteiger partial charge in [-0.3, -0.25) is 0 Å². The summed E-state index contributed by atoms with van der Waals surface area (Å²) in [5.41, 5.74) is -0.381. The largest absolute Gasteiger partial charge is 0.508 e. The molecule has 2 rings (SSSR count). The smallest absolute Gasteiger partial charge is 0.407 e. The Morgan fingerprint density at radius 1 is 1.20 bits per heavy atom. The fourth-order valence-corrected chi connectivity index (χ4v) is 2.43. The van der Waals surface area contributed by atoms with Gasteiger partial charge in [0, 0.05) is 12.1 Å². The van der Waals surface area contributed by atoms with Crippen LogP contribution in [0.2, 0.25) is 0 Å². The number of hydrogen-bond acceptors (Lipinski definition) is 3. The molecular formula is C15H22F5NO3S. The van der Waals surface area contributed by atoms with Crippen molar-refractivity contribution in [2.24, 2.45) is 0 Å². The molecule has 1 aliphatic carbocycles. The third kappa shape index (κ3) is 8.28. The summed E-state index contributed by atoms with van der Waals surface area (Å²) in [5, 5.41) is 11.4. The Bertz CT molecular complexity index is 624. The fraction of sp³-hybridized carbons (Fsp3) is 0.533. The predicted molar refractivity (Wildman–Crippen MR) is 86.5 cm³/mol. The zero-order chi connectivity index (χ0) is 19.6. The number of phenolic OH excluding ortho intramolecular Hbond substituents is 1. The maximum Gasteiger partial charge on any atom is 0.407 e. The van der Waals surface area contributed by atoms with Gasteiger partial charge in [-0.1, -0.05) is 25.5 Å². The van der Waals surface area contributed by atoms with E-state index in [1.807, 2.05) is 20.8 Å². The van der Waals surface area contributed by atoms with E-state index in [-0.39, 0.29) is 23.8 Å². The molecule has 0 atom stereocenters. The Kier molecular flexibility index (Phi) is 5.31. The number of rotatable bonds is 2. The second kappa shape index (κ2) is 6.22. The van der Waals surface area contributed by atoms with Gasteiger partial charge >= 0.3 is 16.3 Å². The Hall–Kier alpha value is -1.71. The van der Waals surface area contributed by atoms with Crippen LogP contribution < -0.4 is 5.32 Å². The molecule has 25 heavy (non-hydrogen) atoms. The van der Waals surface area contributed by atoms with Gasteiger partial charge in [0.15, 0.2) is 0 Å². The molecule has 0 radical (unpaired) electrons. The Balaban J connectivity index is 0.000000251. The molecule has 1 fully saturated rings. The summed E-state index contributed by atoms with van der Waals surface area (Å²) in [5.74, 6) is -0.842. The maximum absolute atomic E-state index is 12.0. The van der Waals surface area contributed by atoms with Crippen molar-refractivity contribution >= 4 is 16.3 Å². The fourth-order valence-electron chi connectivity index (χ4n) is 1.75. The van der Waals surface area contributed by atoms with Crippen LogP contribution in [0, 0.1) is 0 Å². The van der Waals surface area contributed by atoms with E-state index in [2.05, 4.69) is 5.32 Å². The lowest BCUT2D eigenvalue weighted by Crippen LogP contribution is -2.42. The zero-order valence-electron chi connectivity index (χ0n) is 14.1. The van der Waals surface area contributed by atoms with Crippen molar-refractivity contribution in [3.63, 3.8) is 0 Å². The van der Waals surface area contributed by atoms with E-state index in [1.165, 1.54) is 6.42 Å². The SMILES string of the molecule is CC(C)(C)OC(=O)NC1CCC1.Oc1cccc(S(F)(F)(F)(F)F)c1. The van der Waals surface area contributed by atoms with Gasteiger partial charge in [-0.15, -0.1) is 0 Å². The number of ether oxygens (including phenoxy) is 1. The average Bonchev–Trinajstić information content (AvgIpc) is 2.30. The molecule has 0 heterocycles. The Morgan fingerprint density at radius 3 is 2.08 bits per heavy atom. The van der Waals surface area contributed by atoms with Gasteiger partial charge in [-0.05, 0) is 52.2 Å². The van der Waals surface area contributed by atoms with Crippen LogP contribution in [-0.4, -0.2) is 22.8 Å². The van der Waals surface area contributed by atoms with Crippen molar-refractivity contribution in [2.75, 3.05) is 0 Å². The van der Waals surface area contributed by atoms with Crippen LogP contribution in [0.25, 0.3) is 0 Å². The molecule has 1 aromatic carbocycles. The molecule has 1 amide bonds. The average molecular weight is 391 g/mol. The second-order valence-electron chi connectivity index (χ2n) is 6.74. The molecule has 4 nitrogen and oxygen atoms in total. The summed E-state index contributed by atoms with van der Waals surface area (Å²) in [6.45, 7) is 5.61. The van der Waals surface area contributed by atoms with Crippen molar-refractivity contribution < 1.29 is 34.1 Å². The summed E-state index contributed by atoms with van der Waals surface area (Å²) in [4.78, 5) is 9.05. The van der Waals surface area contributed by atoms with E-state index in [4.69, 9.17) is 9.84 Å². The van der Waals surface area contributed by atoms with Gasteiger partial charge in [0.2, 0.25) is 0 Å². The number of benzene rings is 1. The van der Waals surface area contributed by atoms with Crippen molar-refractivity contribution in [1.29, 1.82) is 0 Å². The quantitative estimate of drug-likeness (QED) is 0.598. The maximum atomic E-state index is 12.0. The van der Waals surface area contributed by atoms with Gasteiger partial charge in [-0.2, -0.15) is 0 Å². The summed E-state index contributed by atoms with van der Waals surface area (Å²) in [6.07, 6.45) is 3.13. The van der Waals surface area contributed by atoms with Crippen molar-refractivity contribution in [1.82, 2.24) is 5.32 Å². The summed E-state index contributed by atoms with van der Waals surface area (Å²) >= 11 is 0. The molecule has 0 aromatic heterocycles. The molecule has 1 aromatic rings. The second-order valence-corrected chi connectivity index (χ2v) is 9.15. The zero-order valence-corrected chi connectivity index (χ0v) is 14.9. The van der Waals surface area contributed by atoms with E-state index in [0.29, 0.717) is 12.1 Å². The number of halogens is 5. The van der Waals surface area contributed by atoms with Crippen LogP contribution in [0.15, 0.2) is 29.2 Å². The first-order chi connectivity index (χ1) is 11.0. The molecule has 146 valence electrons. The summed E-state index contributed by atoms with van der Waals surface area (Å²) < 4.78 is 65.2.